The van der Waals surface area contributed by atoms with Gasteiger partial charge >= 0.3 is 0 Å². The molecule has 0 bridgehead atoms. The Morgan fingerprint density at radius 3 is 2.35 bits per heavy atom. The Bertz CT molecular complexity index is 563. The van der Waals surface area contributed by atoms with Gasteiger partial charge in [-0.25, -0.2) is 0 Å². The normalized spacial score (nSPS) is 17.7. The Morgan fingerprint density at radius 1 is 1.00 bits per heavy atom. The summed E-state index contributed by atoms with van der Waals surface area (Å²) in [6.07, 6.45) is 2.66. The van der Waals surface area contributed by atoms with E-state index in [2.05, 4.69) is 48.6 Å². The number of hydrogen-bond donors (Lipinski definition) is 1. The van der Waals surface area contributed by atoms with E-state index in [0.717, 1.165) is 10.9 Å². The molecule has 0 radical (unpaired) electrons. The van der Waals surface area contributed by atoms with Gasteiger partial charge in [0.2, 0.25) is 0 Å². The second-order valence-corrected chi connectivity index (χ2v) is 6.11. The maximum Gasteiger partial charge on any atom is 0.0409 e. The number of nitrogens with one attached hydrogen (secondary N) is 1. The lowest BCUT2D eigenvalue weighted by Crippen LogP contribution is -2.26. The highest BCUT2D eigenvalue weighted by molar-refractivity contribution is 6.30. The standard InChI is InChI=1S/C18H20ClN/c1-13(16-8-5-9-17(19)12-16)20-18(15-10-11-15)14-6-3-2-4-7-14/h2-9,12-13,15,18,20H,10-11H2,1H3/t13-,18?/m0/s1. The second kappa shape index (κ2) is 5.99. The molecule has 1 N–H and O–H groups in total. The molecule has 0 saturated heterocycles. The first kappa shape index (κ1) is 13.7. The zero-order valence-corrected chi connectivity index (χ0v) is 12.5. The molecule has 0 aromatic heterocycles. The van der Waals surface area contributed by atoms with Crippen molar-refractivity contribution in [1.29, 1.82) is 0 Å². The van der Waals surface area contributed by atoms with Crippen LogP contribution in [0, 0.1) is 5.92 Å². The molecule has 1 nitrogen and oxygen atoms in total. The van der Waals surface area contributed by atoms with Gasteiger partial charge in [0.05, 0.1) is 0 Å². The Kier molecular flexibility index (Phi) is 4.09. The lowest BCUT2D eigenvalue weighted by Gasteiger charge is -2.24. The summed E-state index contributed by atoms with van der Waals surface area (Å²) >= 11 is 6.09. The van der Waals surface area contributed by atoms with E-state index in [1.54, 1.807) is 0 Å². The molecule has 1 aliphatic rings. The molecular weight excluding hydrogens is 266 g/mol. The molecule has 1 unspecified atom stereocenters. The molecule has 3 rings (SSSR count). The number of halogens is 1. The summed E-state index contributed by atoms with van der Waals surface area (Å²) < 4.78 is 0. The summed E-state index contributed by atoms with van der Waals surface area (Å²) in [6.45, 7) is 2.21. The van der Waals surface area contributed by atoms with E-state index in [4.69, 9.17) is 11.6 Å². The van der Waals surface area contributed by atoms with Gasteiger partial charge in [-0.15, -0.1) is 0 Å². The van der Waals surface area contributed by atoms with E-state index >= 15 is 0 Å². The molecule has 1 saturated carbocycles. The van der Waals surface area contributed by atoms with Crippen LogP contribution in [0.1, 0.15) is 43.0 Å². The van der Waals surface area contributed by atoms with Crippen LogP contribution in [0.2, 0.25) is 5.02 Å². The fourth-order valence-electron chi connectivity index (χ4n) is 2.74. The SMILES string of the molecule is C[C@H](NC(c1ccccc1)C1CC1)c1cccc(Cl)c1. The van der Waals surface area contributed by atoms with Gasteiger partial charge in [0.1, 0.15) is 0 Å². The Hall–Kier alpha value is -1.31. The maximum atomic E-state index is 6.09. The van der Waals surface area contributed by atoms with Crippen LogP contribution < -0.4 is 5.32 Å². The van der Waals surface area contributed by atoms with Crippen LogP contribution >= 0.6 is 11.6 Å². The van der Waals surface area contributed by atoms with Crippen LogP contribution in [0.15, 0.2) is 54.6 Å². The highest BCUT2D eigenvalue weighted by atomic mass is 35.5. The monoisotopic (exact) mass is 285 g/mol. The Balaban J connectivity index is 1.77. The van der Waals surface area contributed by atoms with Gasteiger partial charge in [0.15, 0.2) is 0 Å². The van der Waals surface area contributed by atoms with Crippen molar-refractivity contribution in [1.82, 2.24) is 5.32 Å². The molecule has 1 aliphatic carbocycles. The minimum absolute atomic E-state index is 0.305. The van der Waals surface area contributed by atoms with Gasteiger partial charge in [0.25, 0.3) is 0 Å². The molecule has 2 atom stereocenters. The minimum atomic E-state index is 0.305. The molecule has 2 aromatic carbocycles. The maximum absolute atomic E-state index is 6.09. The van der Waals surface area contributed by atoms with E-state index in [0.29, 0.717) is 12.1 Å². The van der Waals surface area contributed by atoms with E-state index < -0.39 is 0 Å². The third kappa shape index (κ3) is 3.23. The quantitative estimate of drug-likeness (QED) is 0.802. The molecule has 104 valence electrons. The van der Waals surface area contributed by atoms with Crippen LogP contribution in [0.5, 0.6) is 0 Å². The van der Waals surface area contributed by atoms with Gasteiger partial charge in [-0.1, -0.05) is 54.1 Å². The molecule has 1 fully saturated rings. The molecular formula is C18H20ClN. The van der Waals surface area contributed by atoms with Gasteiger partial charge in [-0.3, -0.25) is 0 Å². The van der Waals surface area contributed by atoms with Crippen LogP contribution in [0.25, 0.3) is 0 Å². The minimum Gasteiger partial charge on any atom is -0.303 e. The predicted octanol–water partition coefficient (Wildman–Crippen LogP) is 5.14. The van der Waals surface area contributed by atoms with Crippen LogP contribution in [0.3, 0.4) is 0 Å². The first-order valence-corrected chi connectivity index (χ1v) is 7.68. The summed E-state index contributed by atoms with van der Waals surface area (Å²) in [5, 5.41) is 4.58. The van der Waals surface area contributed by atoms with Crippen molar-refractivity contribution in [3.05, 3.63) is 70.7 Å². The third-order valence-electron chi connectivity index (χ3n) is 4.03. The number of benzene rings is 2. The summed E-state index contributed by atoms with van der Waals surface area (Å²) in [4.78, 5) is 0. The highest BCUT2D eigenvalue weighted by Gasteiger charge is 2.32. The topological polar surface area (TPSA) is 12.0 Å². The summed E-state index contributed by atoms with van der Waals surface area (Å²) in [7, 11) is 0. The van der Waals surface area contributed by atoms with Gasteiger partial charge < -0.3 is 5.32 Å². The van der Waals surface area contributed by atoms with Crippen molar-refractivity contribution in [3.63, 3.8) is 0 Å². The summed E-state index contributed by atoms with van der Waals surface area (Å²) in [5.41, 5.74) is 2.64. The number of hydrogen-bond acceptors (Lipinski definition) is 1. The molecule has 0 aliphatic heterocycles. The molecule has 0 amide bonds. The number of rotatable bonds is 5. The van der Waals surface area contributed by atoms with Crippen LogP contribution in [-0.4, -0.2) is 0 Å². The molecule has 2 heteroatoms. The first-order valence-electron chi connectivity index (χ1n) is 7.30. The van der Waals surface area contributed by atoms with E-state index in [9.17, 15) is 0 Å². The zero-order valence-electron chi connectivity index (χ0n) is 11.7. The molecule has 20 heavy (non-hydrogen) atoms. The second-order valence-electron chi connectivity index (χ2n) is 5.67. The van der Waals surface area contributed by atoms with Crippen molar-refractivity contribution in [3.8, 4) is 0 Å². The lowest BCUT2D eigenvalue weighted by molar-refractivity contribution is 0.427. The van der Waals surface area contributed by atoms with E-state index in [1.165, 1.54) is 24.0 Å². The van der Waals surface area contributed by atoms with Crippen molar-refractivity contribution in [2.75, 3.05) is 0 Å². The average molecular weight is 286 g/mol. The summed E-state index contributed by atoms with van der Waals surface area (Å²) in [6, 6.07) is 19.6. The van der Waals surface area contributed by atoms with Gasteiger partial charge in [-0.2, -0.15) is 0 Å². The Labute approximate surface area is 126 Å². The van der Waals surface area contributed by atoms with Gasteiger partial charge in [0, 0.05) is 17.1 Å². The van der Waals surface area contributed by atoms with Crippen molar-refractivity contribution >= 4 is 11.6 Å². The average Bonchev–Trinajstić information content (AvgIpc) is 3.30. The fraction of sp³-hybridized carbons (Fsp3) is 0.333. The molecule has 2 aromatic rings. The van der Waals surface area contributed by atoms with Crippen molar-refractivity contribution in [2.45, 2.75) is 31.8 Å². The third-order valence-corrected chi connectivity index (χ3v) is 4.27. The lowest BCUT2D eigenvalue weighted by atomic mass is 9.99. The zero-order chi connectivity index (χ0) is 13.9. The highest BCUT2D eigenvalue weighted by Crippen LogP contribution is 2.42. The van der Waals surface area contributed by atoms with Crippen molar-refractivity contribution in [2.24, 2.45) is 5.92 Å². The first-order chi connectivity index (χ1) is 9.74. The summed E-state index contributed by atoms with van der Waals surface area (Å²) in [5.74, 6) is 0.777. The van der Waals surface area contributed by atoms with E-state index in [1.807, 2.05) is 18.2 Å². The smallest absolute Gasteiger partial charge is 0.0409 e. The van der Waals surface area contributed by atoms with E-state index in [-0.39, 0.29) is 0 Å². The molecule has 0 heterocycles. The Morgan fingerprint density at radius 2 is 1.70 bits per heavy atom. The van der Waals surface area contributed by atoms with Gasteiger partial charge in [-0.05, 0) is 48.9 Å². The molecule has 0 spiro atoms. The van der Waals surface area contributed by atoms with Crippen LogP contribution in [-0.2, 0) is 0 Å². The largest absolute Gasteiger partial charge is 0.303 e. The fourth-order valence-corrected chi connectivity index (χ4v) is 2.93. The van der Waals surface area contributed by atoms with Crippen LogP contribution in [0.4, 0.5) is 0 Å². The predicted molar refractivity (Wildman–Crippen MR) is 84.9 cm³/mol. The van der Waals surface area contributed by atoms with Crippen molar-refractivity contribution < 1.29 is 0 Å².